The number of nitrogens with zero attached hydrogens (tertiary/aromatic N) is 5. The van der Waals surface area contributed by atoms with Gasteiger partial charge in [-0.2, -0.15) is 13.2 Å². The van der Waals surface area contributed by atoms with Crippen molar-refractivity contribution in [1.29, 1.82) is 0 Å². The van der Waals surface area contributed by atoms with Crippen molar-refractivity contribution in [1.82, 2.24) is 14.9 Å². The summed E-state index contributed by atoms with van der Waals surface area (Å²) in [5.41, 5.74) is 5.30. The van der Waals surface area contributed by atoms with Gasteiger partial charge in [0, 0.05) is 16.1 Å². The van der Waals surface area contributed by atoms with Gasteiger partial charge in [-0.15, -0.1) is 11.3 Å². The van der Waals surface area contributed by atoms with Gasteiger partial charge in [-0.05, 0) is 61.7 Å². The van der Waals surface area contributed by atoms with Crippen molar-refractivity contribution >= 4 is 44.5 Å². The van der Waals surface area contributed by atoms with Crippen molar-refractivity contribution in [3.63, 3.8) is 0 Å². The smallest absolute Gasteiger partial charge is 0.351 e. The fourth-order valence-corrected chi connectivity index (χ4v) is 5.24. The summed E-state index contributed by atoms with van der Waals surface area (Å²) < 4.78 is 42.0. The number of anilines is 2. The van der Waals surface area contributed by atoms with Gasteiger partial charge >= 0.3 is 17.9 Å². The maximum absolute atomic E-state index is 13.7. The number of alkyl halides is 3. The number of hydrogen-bond donors (Lipinski definition) is 1. The van der Waals surface area contributed by atoms with E-state index in [4.69, 9.17) is 5.73 Å². The molecule has 0 aliphatic carbocycles. The van der Waals surface area contributed by atoms with Crippen LogP contribution in [-0.4, -0.2) is 39.4 Å². The predicted octanol–water partition coefficient (Wildman–Crippen LogP) is 5.82. The Morgan fingerprint density at radius 3 is 2.47 bits per heavy atom. The highest BCUT2D eigenvalue weighted by molar-refractivity contribution is 7.19. The van der Waals surface area contributed by atoms with Crippen molar-refractivity contribution < 1.29 is 22.9 Å². The number of nitro groups is 1. The molecular weight excluding hydrogens is 521 g/mol. The normalized spacial score (nSPS) is 11.7. The van der Waals surface area contributed by atoms with Crippen molar-refractivity contribution in [2.75, 3.05) is 18.5 Å². The van der Waals surface area contributed by atoms with Crippen LogP contribution in [0.1, 0.15) is 21.8 Å². The molecule has 0 aliphatic rings. The number of aryl methyl sites for hydroxylation is 1. The van der Waals surface area contributed by atoms with E-state index in [2.05, 4.69) is 9.97 Å². The van der Waals surface area contributed by atoms with Crippen LogP contribution in [0.25, 0.3) is 10.1 Å². The zero-order valence-electron chi connectivity index (χ0n) is 20.4. The molecular formula is C25H23F3N6O3S. The lowest BCUT2D eigenvalue weighted by Crippen LogP contribution is -2.33. The van der Waals surface area contributed by atoms with Gasteiger partial charge in [0.05, 0.1) is 28.4 Å². The Balaban J connectivity index is 1.60. The molecule has 0 saturated heterocycles. The van der Waals surface area contributed by atoms with Crippen molar-refractivity contribution in [3.8, 4) is 0 Å². The minimum Gasteiger partial charge on any atom is -0.351 e. The van der Waals surface area contributed by atoms with E-state index in [1.54, 1.807) is 29.5 Å². The zero-order chi connectivity index (χ0) is 27.6. The molecule has 38 heavy (non-hydrogen) atoms. The quantitative estimate of drug-likeness (QED) is 0.221. The molecule has 0 radical (unpaired) electrons. The molecule has 0 unspecified atom stereocenters. The van der Waals surface area contributed by atoms with Crippen molar-refractivity contribution in [2.24, 2.45) is 5.73 Å². The van der Waals surface area contributed by atoms with Gasteiger partial charge in [-0.3, -0.25) is 19.9 Å². The molecule has 0 spiro atoms. The molecule has 2 amide bonds. The van der Waals surface area contributed by atoms with E-state index in [0.717, 1.165) is 43.9 Å². The van der Waals surface area contributed by atoms with Crippen LogP contribution in [0.3, 0.4) is 0 Å². The summed E-state index contributed by atoms with van der Waals surface area (Å²) in [7, 11) is 1.86. The highest BCUT2D eigenvalue weighted by Crippen LogP contribution is 2.41. The van der Waals surface area contributed by atoms with E-state index in [-0.39, 0.29) is 17.1 Å². The molecule has 0 aliphatic heterocycles. The Labute approximate surface area is 219 Å². The van der Waals surface area contributed by atoms with Gasteiger partial charge in [0.15, 0.2) is 0 Å². The van der Waals surface area contributed by atoms with E-state index in [9.17, 15) is 28.1 Å². The highest BCUT2D eigenvalue weighted by Gasteiger charge is 2.36. The Morgan fingerprint density at radius 1 is 1.16 bits per heavy atom. The number of likely N-dealkylation sites (N-methyl/N-ethyl adjacent to an activating group) is 1. The van der Waals surface area contributed by atoms with Gasteiger partial charge in [0.1, 0.15) is 18.2 Å². The summed E-state index contributed by atoms with van der Waals surface area (Å²) in [6, 6.07) is 8.81. The average Bonchev–Trinajstić information content (AvgIpc) is 3.17. The molecule has 4 rings (SSSR count). The maximum atomic E-state index is 13.7. The van der Waals surface area contributed by atoms with Crippen molar-refractivity contribution in [2.45, 2.75) is 26.1 Å². The number of aromatic nitrogens is 2. The minimum absolute atomic E-state index is 0.185. The molecule has 198 valence electrons. The number of thiophene rings is 1. The Kier molecular flexibility index (Phi) is 7.60. The Morgan fingerprint density at radius 2 is 1.84 bits per heavy atom. The zero-order valence-corrected chi connectivity index (χ0v) is 21.2. The third kappa shape index (κ3) is 5.73. The molecule has 2 heterocycles. The summed E-state index contributed by atoms with van der Waals surface area (Å²) in [5, 5.41) is 11.6. The number of rotatable bonds is 8. The second kappa shape index (κ2) is 10.7. The number of hydrogen-bond acceptors (Lipinski definition) is 7. The number of primary amides is 1. The molecule has 9 nitrogen and oxygen atoms in total. The first-order valence-electron chi connectivity index (χ1n) is 11.4. The lowest BCUT2D eigenvalue weighted by molar-refractivity contribution is -0.385. The predicted molar refractivity (Wildman–Crippen MR) is 138 cm³/mol. The summed E-state index contributed by atoms with van der Waals surface area (Å²) >= 11 is 1.55. The van der Waals surface area contributed by atoms with Crippen LogP contribution in [0.4, 0.5) is 35.0 Å². The number of carbonyl (C=O) groups excluding carboxylic acids is 1. The number of carbonyl (C=O) groups is 1. The fourth-order valence-electron chi connectivity index (χ4n) is 4.15. The number of urea groups is 1. The Hall–Kier alpha value is -4.10. The van der Waals surface area contributed by atoms with E-state index < -0.39 is 22.7 Å². The lowest BCUT2D eigenvalue weighted by atomic mass is 10.1. The number of nitrogens with two attached hydrogens (primary N) is 1. The van der Waals surface area contributed by atoms with Gasteiger partial charge in [0.25, 0.3) is 0 Å². The molecule has 2 N–H and O–H groups in total. The molecule has 13 heteroatoms. The van der Waals surface area contributed by atoms with E-state index in [1.165, 1.54) is 18.2 Å². The lowest BCUT2D eigenvalue weighted by Gasteiger charge is -2.24. The van der Waals surface area contributed by atoms with Crippen LogP contribution in [-0.2, 0) is 19.1 Å². The van der Waals surface area contributed by atoms with E-state index in [0.29, 0.717) is 25.3 Å². The molecule has 2 aromatic heterocycles. The van der Waals surface area contributed by atoms with E-state index >= 15 is 0 Å². The molecule has 0 bridgehead atoms. The third-order valence-corrected chi connectivity index (χ3v) is 7.09. The fraction of sp³-hybridized carbons (Fsp3) is 0.240. The maximum Gasteiger partial charge on any atom is 0.418 e. The summed E-state index contributed by atoms with van der Waals surface area (Å²) in [6.07, 6.45) is -1.74. The number of halogens is 3. The third-order valence-electron chi connectivity index (χ3n) is 5.96. The Bertz CT molecular complexity index is 1490. The summed E-state index contributed by atoms with van der Waals surface area (Å²) in [6.45, 7) is 2.92. The van der Waals surface area contributed by atoms with Crippen LogP contribution >= 0.6 is 11.3 Å². The number of fused-ring (bicyclic) bond motifs is 1. The molecule has 4 aromatic rings. The van der Waals surface area contributed by atoms with Crippen LogP contribution in [0.5, 0.6) is 0 Å². The minimum atomic E-state index is -4.67. The van der Waals surface area contributed by atoms with Gasteiger partial charge in [-0.1, -0.05) is 12.1 Å². The highest BCUT2D eigenvalue weighted by atomic mass is 32.1. The first-order chi connectivity index (χ1) is 18.0. The summed E-state index contributed by atoms with van der Waals surface area (Å²) in [4.78, 5) is 34.5. The molecule has 0 atom stereocenters. The number of amides is 2. The first-order valence-corrected chi connectivity index (χ1v) is 12.2. The SMILES string of the molecule is Cc1sc2ccc(N(C(N)=O)c3ccccc3C(F)(F)F)cc2c1CCN(C)Cc1ncc([N+](=O)[O-])cn1. The number of para-hydroxylation sites is 1. The largest absolute Gasteiger partial charge is 0.418 e. The first kappa shape index (κ1) is 26.9. The van der Waals surface area contributed by atoms with Crippen LogP contribution in [0.15, 0.2) is 54.9 Å². The van der Waals surface area contributed by atoms with Crippen molar-refractivity contribution in [3.05, 3.63) is 86.8 Å². The summed E-state index contributed by atoms with van der Waals surface area (Å²) in [5.74, 6) is 0.438. The molecule has 2 aromatic carbocycles. The second-order valence-electron chi connectivity index (χ2n) is 8.61. The van der Waals surface area contributed by atoms with Crippen LogP contribution < -0.4 is 10.6 Å². The second-order valence-corrected chi connectivity index (χ2v) is 9.86. The average molecular weight is 545 g/mol. The standard InChI is InChI=1S/C25H23F3N6O3S/c1-15-18(9-10-32(2)14-23-30-12-17(13-31-23)34(36)37)19-11-16(7-8-22(19)38-15)33(24(29)35)21-6-4-3-5-20(21)25(26,27)28/h3-8,11-13H,9-10,14H2,1-2H3,(H2,29,35). The monoisotopic (exact) mass is 544 g/mol. The van der Waals surface area contributed by atoms with Gasteiger partial charge < -0.3 is 5.73 Å². The van der Waals surface area contributed by atoms with Gasteiger partial charge in [-0.25, -0.2) is 14.8 Å². The molecule has 0 saturated carbocycles. The topological polar surface area (TPSA) is 118 Å². The van der Waals surface area contributed by atoms with Crippen LogP contribution in [0, 0.1) is 17.0 Å². The van der Waals surface area contributed by atoms with E-state index in [1.807, 2.05) is 18.9 Å². The molecule has 0 fully saturated rings. The number of benzene rings is 2. The van der Waals surface area contributed by atoms with Crippen LogP contribution in [0.2, 0.25) is 0 Å². The van der Waals surface area contributed by atoms with Gasteiger partial charge in [0.2, 0.25) is 0 Å².